The van der Waals surface area contributed by atoms with Crippen LogP contribution in [0.1, 0.15) is 11.1 Å². The molecule has 1 heterocycles. The Kier molecular flexibility index (Phi) is 4.23. The van der Waals surface area contributed by atoms with Gasteiger partial charge in [0.25, 0.3) is 5.56 Å². The van der Waals surface area contributed by atoms with E-state index in [1.54, 1.807) is 25.3 Å². The first-order valence-corrected chi connectivity index (χ1v) is 7.04. The summed E-state index contributed by atoms with van der Waals surface area (Å²) in [7, 11) is 0. The molecule has 2 aromatic rings. The summed E-state index contributed by atoms with van der Waals surface area (Å²) in [6, 6.07) is 5.27. The predicted octanol–water partition coefficient (Wildman–Crippen LogP) is 3.86. The molecule has 0 unspecified atom stereocenters. The second-order valence-corrected chi connectivity index (χ2v) is 5.81. The monoisotopic (exact) mass is 360 g/mol. The van der Waals surface area contributed by atoms with E-state index in [1.165, 1.54) is 4.57 Å². The number of rotatable bonds is 2. The van der Waals surface area contributed by atoms with Crippen LogP contribution in [-0.4, -0.2) is 4.57 Å². The molecule has 2 rings (SSSR count). The molecular weight excluding hydrogens is 351 g/mol. The molecule has 0 aliphatic rings. The number of anilines is 1. The van der Waals surface area contributed by atoms with Crippen molar-refractivity contribution in [2.75, 3.05) is 5.73 Å². The van der Waals surface area contributed by atoms with Crippen LogP contribution in [0.15, 0.2) is 33.7 Å². The van der Waals surface area contributed by atoms with Crippen LogP contribution in [0.4, 0.5) is 5.69 Å². The van der Waals surface area contributed by atoms with Crippen LogP contribution in [-0.2, 0) is 6.54 Å². The summed E-state index contributed by atoms with van der Waals surface area (Å²) >= 11 is 15.1. The normalized spacial score (nSPS) is 10.7. The van der Waals surface area contributed by atoms with Crippen LogP contribution in [0.3, 0.4) is 0 Å². The minimum Gasteiger partial charge on any atom is -0.397 e. The predicted molar refractivity (Wildman–Crippen MR) is 83.1 cm³/mol. The minimum absolute atomic E-state index is 0.127. The Morgan fingerprint density at radius 3 is 2.63 bits per heavy atom. The second-order valence-electron chi connectivity index (χ2n) is 4.20. The average Bonchev–Trinajstić information content (AvgIpc) is 2.38. The highest BCUT2D eigenvalue weighted by molar-refractivity contribution is 9.10. The fourth-order valence-corrected chi connectivity index (χ4v) is 2.47. The summed E-state index contributed by atoms with van der Waals surface area (Å²) in [5, 5.41) is 0.953. The topological polar surface area (TPSA) is 48.0 Å². The second kappa shape index (κ2) is 5.57. The lowest BCUT2D eigenvalue weighted by atomic mass is 10.2. The molecule has 2 N–H and O–H groups in total. The number of aromatic nitrogens is 1. The van der Waals surface area contributed by atoms with Gasteiger partial charge in [0.15, 0.2) is 0 Å². The van der Waals surface area contributed by atoms with Gasteiger partial charge in [0, 0.05) is 6.20 Å². The van der Waals surface area contributed by atoms with Crippen molar-refractivity contribution in [2.24, 2.45) is 0 Å². The Labute approximate surface area is 129 Å². The fraction of sp³-hybridized carbons (Fsp3) is 0.154. The maximum absolute atomic E-state index is 12.1. The molecule has 100 valence electrons. The van der Waals surface area contributed by atoms with Gasteiger partial charge in [0.05, 0.1) is 26.8 Å². The van der Waals surface area contributed by atoms with Gasteiger partial charge >= 0.3 is 0 Å². The third kappa shape index (κ3) is 2.96. The first-order valence-electron chi connectivity index (χ1n) is 5.49. The summed E-state index contributed by atoms with van der Waals surface area (Å²) in [6.45, 7) is 2.18. The molecule has 0 saturated carbocycles. The average molecular weight is 362 g/mol. The Balaban J connectivity index is 2.44. The molecule has 0 atom stereocenters. The molecule has 0 aliphatic heterocycles. The molecule has 0 aliphatic carbocycles. The Bertz CT molecular complexity index is 698. The van der Waals surface area contributed by atoms with Gasteiger partial charge < -0.3 is 10.3 Å². The molecule has 0 amide bonds. The SMILES string of the molecule is Cc1c(N)cn(Cc2ccc(Cl)c(Cl)c2)c(=O)c1Br. The van der Waals surface area contributed by atoms with Crippen molar-refractivity contribution in [3.05, 3.63) is 60.4 Å². The largest absolute Gasteiger partial charge is 0.397 e. The van der Waals surface area contributed by atoms with E-state index >= 15 is 0 Å². The molecule has 19 heavy (non-hydrogen) atoms. The van der Waals surface area contributed by atoms with E-state index < -0.39 is 0 Å². The van der Waals surface area contributed by atoms with Gasteiger partial charge in [0.2, 0.25) is 0 Å². The molecule has 1 aromatic carbocycles. The van der Waals surface area contributed by atoms with Crippen LogP contribution in [0.25, 0.3) is 0 Å². The molecule has 6 heteroatoms. The zero-order valence-electron chi connectivity index (χ0n) is 10.1. The van der Waals surface area contributed by atoms with Crippen LogP contribution >= 0.6 is 39.1 Å². The van der Waals surface area contributed by atoms with E-state index in [0.29, 0.717) is 26.8 Å². The van der Waals surface area contributed by atoms with Gasteiger partial charge in [-0.3, -0.25) is 4.79 Å². The number of hydrogen-bond acceptors (Lipinski definition) is 2. The van der Waals surface area contributed by atoms with E-state index in [1.807, 2.05) is 6.07 Å². The van der Waals surface area contributed by atoms with Crippen molar-refractivity contribution >= 4 is 44.8 Å². The zero-order chi connectivity index (χ0) is 14.2. The van der Waals surface area contributed by atoms with Crippen LogP contribution < -0.4 is 11.3 Å². The minimum atomic E-state index is -0.127. The zero-order valence-corrected chi connectivity index (χ0v) is 13.2. The van der Waals surface area contributed by atoms with E-state index in [2.05, 4.69) is 15.9 Å². The van der Waals surface area contributed by atoms with Crippen molar-refractivity contribution < 1.29 is 0 Å². The van der Waals surface area contributed by atoms with Gasteiger partial charge in [-0.15, -0.1) is 0 Å². The van der Waals surface area contributed by atoms with Crippen molar-refractivity contribution in [3.63, 3.8) is 0 Å². The molecule has 1 aromatic heterocycles. The highest BCUT2D eigenvalue weighted by Gasteiger charge is 2.09. The van der Waals surface area contributed by atoms with E-state index in [4.69, 9.17) is 28.9 Å². The van der Waals surface area contributed by atoms with Crippen LogP contribution in [0.2, 0.25) is 10.0 Å². The standard InChI is InChI=1S/C13H11BrCl2N2O/c1-7-11(17)6-18(13(19)12(7)14)5-8-2-3-9(15)10(16)4-8/h2-4,6H,5,17H2,1H3. The third-order valence-electron chi connectivity index (χ3n) is 2.84. The highest BCUT2D eigenvalue weighted by Crippen LogP contribution is 2.23. The quantitative estimate of drug-likeness (QED) is 0.882. The molecular formula is C13H11BrCl2N2O. The Hall–Kier alpha value is -0.970. The number of hydrogen-bond donors (Lipinski definition) is 1. The molecule has 3 nitrogen and oxygen atoms in total. The van der Waals surface area contributed by atoms with Crippen LogP contribution in [0.5, 0.6) is 0 Å². The molecule has 0 saturated heterocycles. The summed E-state index contributed by atoms with van der Waals surface area (Å²) < 4.78 is 2.01. The van der Waals surface area contributed by atoms with Gasteiger partial charge in [-0.25, -0.2) is 0 Å². The maximum atomic E-state index is 12.1. The number of halogens is 3. The highest BCUT2D eigenvalue weighted by atomic mass is 79.9. The lowest BCUT2D eigenvalue weighted by Crippen LogP contribution is -2.22. The molecule has 0 radical (unpaired) electrons. The number of benzene rings is 1. The smallest absolute Gasteiger partial charge is 0.265 e. The van der Waals surface area contributed by atoms with Crippen molar-refractivity contribution in [3.8, 4) is 0 Å². The first-order chi connectivity index (χ1) is 8.90. The number of nitrogens with zero attached hydrogens (tertiary/aromatic N) is 1. The van der Waals surface area contributed by atoms with Crippen LogP contribution in [0, 0.1) is 6.92 Å². The summed E-state index contributed by atoms with van der Waals surface area (Å²) in [5.41, 5.74) is 7.92. The number of nitrogens with two attached hydrogens (primary N) is 1. The summed E-state index contributed by atoms with van der Waals surface area (Å²) in [5.74, 6) is 0. The van der Waals surface area contributed by atoms with E-state index in [9.17, 15) is 4.79 Å². The van der Waals surface area contributed by atoms with Gasteiger partial charge in [-0.2, -0.15) is 0 Å². The van der Waals surface area contributed by atoms with Crippen molar-refractivity contribution in [2.45, 2.75) is 13.5 Å². The Morgan fingerprint density at radius 2 is 2.00 bits per heavy atom. The van der Waals surface area contributed by atoms with E-state index in [-0.39, 0.29) is 5.56 Å². The summed E-state index contributed by atoms with van der Waals surface area (Å²) in [6.07, 6.45) is 1.63. The van der Waals surface area contributed by atoms with Crippen molar-refractivity contribution in [1.82, 2.24) is 4.57 Å². The maximum Gasteiger partial charge on any atom is 0.265 e. The molecule has 0 spiro atoms. The lowest BCUT2D eigenvalue weighted by molar-refractivity contribution is 0.754. The third-order valence-corrected chi connectivity index (χ3v) is 4.52. The first kappa shape index (κ1) is 14.4. The van der Waals surface area contributed by atoms with E-state index in [0.717, 1.165) is 11.1 Å². The molecule has 0 bridgehead atoms. The number of nitrogen functional groups attached to an aromatic ring is 1. The fourth-order valence-electron chi connectivity index (χ4n) is 1.69. The molecule has 0 fully saturated rings. The van der Waals surface area contributed by atoms with Gasteiger partial charge in [-0.05, 0) is 46.1 Å². The lowest BCUT2D eigenvalue weighted by Gasteiger charge is -2.11. The van der Waals surface area contributed by atoms with Gasteiger partial charge in [-0.1, -0.05) is 29.3 Å². The number of pyridine rings is 1. The summed E-state index contributed by atoms with van der Waals surface area (Å²) in [4.78, 5) is 12.1. The Morgan fingerprint density at radius 1 is 1.32 bits per heavy atom. The van der Waals surface area contributed by atoms with Gasteiger partial charge in [0.1, 0.15) is 0 Å². The van der Waals surface area contributed by atoms with Crippen molar-refractivity contribution in [1.29, 1.82) is 0 Å².